The fourth-order valence-corrected chi connectivity index (χ4v) is 3.43. The van der Waals surface area contributed by atoms with Gasteiger partial charge in [-0.05, 0) is 25.3 Å². The Morgan fingerprint density at radius 1 is 1.31 bits per heavy atom. The van der Waals surface area contributed by atoms with Gasteiger partial charge in [-0.1, -0.05) is 5.16 Å². The number of nitrogens with one attached hydrogen (secondary N) is 2. The van der Waals surface area contributed by atoms with Crippen molar-refractivity contribution >= 4 is 11.8 Å². The number of aryl methyl sites for hydroxylation is 1. The number of aromatic nitrogens is 3. The van der Waals surface area contributed by atoms with E-state index < -0.39 is 0 Å². The van der Waals surface area contributed by atoms with Crippen LogP contribution in [-0.2, 0) is 16.1 Å². The molecule has 0 spiro atoms. The van der Waals surface area contributed by atoms with Gasteiger partial charge in [0.15, 0.2) is 5.82 Å². The molecule has 2 N–H and O–H groups in total. The van der Waals surface area contributed by atoms with Crippen molar-refractivity contribution in [3.63, 3.8) is 0 Å². The quantitative estimate of drug-likeness (QED) is 0.701. The van der Waals surface area contributed by atoms with Gasteiger partial charge < -0.3 is 24.6 Å². The first-order valence-electron chi connectivity index (χ1n) is 9.40. The van der Waals surface area contributed by atoms with E-state index in [0.29, 0.717) is 42.4 Å². The number of amides is 2. The normalized spacial score (nSPS) is 21.4. The first-order valence-corrected chi connectivity index (χ1v) is 9.40. The van der Waals surface area contributed by atoms with Crippen molar-refractivity contribution in [3.05, 3.63) is 35.6 Å². The van der Waals surface area contributed by atoms with Gasteiger partial charge in [-0.25, -0.2) is 4.98 Å². The van der Waals surface area contributed by atoms with Gasteiger partial charge in [0.25, 0.3) is 5.91 Å². The monoisotopic (exact) mass is 403 g/mol. The molecule has 2 heterocycles. The molecule has 0 bridgehead atoms. The lowest BCUT2D eigenvalue weighted by Crippen LogP contribution is -2.49. The fraction of sp³-hybridized carbons (Fsp3) is 0.526. The van der Waals surface area contributed by atoms with E-state index in [1.165, 1.54) is 13.3 Å². The van der Waals surface area contributed by atoms with Crippen LogP contribution in [0.5, 0.6) is 5.88 Å². The van der Waals surface area contributed by atoms with E-state index in [0.717, 1.165) is 0 Å². The summed E-state index contributed by atoms with van der Waals surface area (Å²) in [6.45, 7) is 1.91. The SMILES string of the molecule is COc1cc(C(=O)N[C@H]2CC[C@H](C(=O)NCc3noc(C)n3)C[C@@H]2OC)ccn1. The molecule has 0 aliphatic heterocycles. The van der Waals surface area contributed by atoms with Gasteiger partial charge in [-0.2, -0.15) is 4.98 Å². The number of hydrogen-bond donors (Lipinski definition) is 2. The van der Waals surface area contributed by atoms with E-state index in [1.807, 2.05) is 0 Å². The Kier molecular flexibility index (Phi) is 6.76. The second kappa shape index (κ2) is 9.46. The molecular formula is C19H25N5O5. The van der Waals surface area contributed by atoms with Crippen molar-refractivity contribution in [3.8, 4) is 5.88 Å². The van der Waals surface area contributed by atoms with Crippen molar-refractivity contribution < 1.29 is 23.6 Å². The summed E-state index contributed by atoms with van der Waals surface area (Å²) in [6.07, 6.45) is 3.04. The van der Waals surface area contributed by atoms with Crippen LogP contribution in [0, 0.1) is 12.8 Å². The molecule has 1 aliphatic carbocycles. The van der Waals surface area contributed by atoms with Crippen LogP contribution in [0.4, 0.5) is 0 Å². The minimum atomic E-state index is -0.264. The highest BCUT2D eigenvalue weighted by Crippen LogP contribution is 2.27. The molecule has 0 saturated heterocycles. The summed E-state index contributed by atoms with van der Waals surface area (Å²) in [7, 11) is 3.08. The van der Waals surface area contributed by atoms with Gasteiger partial charge in [0.2, 0.25) is 17.7 Å². The average Bonchev–Trinajstić information content (AvgIpc) is 3.17. The summed E-state index contributed by atoms with van der Waals surface area (Å²) < 4.78 is 15.5. The van der Waals surface area contributed by atoms with Crippen LogP contribution in [0.3, 0.4) is 0 Å². The molecular weight excluding hydrogens is 378 g/mol. The van der Waals surface area contributed by atoms with Crippen molar-refractivity contribution in [2.24, 2.45) is 5.92 Å². The van der Waals surface area contributed by atoms with Gasteiger partial charge in [0.1, 0.15) is 0 Å². The predicted molar refractivity (Wildman–Crippen MR) is 101 cm³/mol. The number of nitrogens with zero attached hydrogens (tertiary/aromatic N) is 3. The number of pyridine rings is 1. The lowest BCUT2D eigenvalue weighted by molar-refractivity contribution is -0.128. The molecule has 156 valence electrons. The van der Waals surface area contributed by atoms with Gasteiger partial charge in [0, 0.05) is 37.8 Å². The number of rotatable bonds is 7. The molecule has 10 nitrogen and oxygen atoms in total. The van der Waals surface area contributed by atoms with Crippen LogP contribution < -0.4 is 15.4 Å². The zero-order valence-electron chi connectivity index (χ0n) is 16.7. The Balaban J connectivity index is 1.54. The Labute approximate surface area is 168 Å². The van der Waals surface area contributed by atoms with Crippen molar-refractivity contribution in [2.45, 2.75) is 44.9 Å². The third kappa shape index (κ3) is 5.29. The van der Waals surface area contributed by atoms with Crippen LogP contribution in [0.25, 0.3) is 0 Å². The minimum absolute atomic E-state index is 0.0850. The number of ether oxygens (including phenoxy) is 2. The Hall–Kier alpha value is -3.01. The first-order chi connectivity index (χ1) is 14.0. The number of hydrogen-bond acceptors (Lipinski definition) is 8. The predicted octanol–water partition coefficient (Wildman–Crippen LogP) is 1.01. The van der Waals surface area contributed by atoms with Crippen molar-refractivity contribution in [2.75, 3.05) is 14.2 Å². The van der Waals surface area contributed by atoms with Crippen LogP contribution in [0.15, 0.2) is 22.9 Å². The highest BCUT2D eigenvalue weighted by molar-refractivity contribution is 5.94. The Morgan fingerprint density at radius 2 is 2.14 bits per heavy atom. The standard InChI is InChI=1S/C19H25N5O5/c1-11-22-16(24-29-11)10-21-18(25)12-4-5-14(15(8-12)27-2)23-19(26)13-6-7-20-17(9-13)28-3/h6-7,9,12,14-15H,4-5,8,10H2,1-3H3,(H,21,25)(H,23,26)/t12-,14-,15-/m0/s1. The minimum Gasteiger partial charge on any atom is -0.481 e. The Bertz CT molecular complexity index is 855. The second-order valence-electron chi connectivity index (χ2n) is 6.90. The smallest absolute Gasteiger partial charge is 0.251 e. The topological polar surface area (TPSA) is 128 Å². The molecule has 0 aromatic carbocycles. The summed E-state index contributed by atoms with van der Waals surface area (Å²) in [5, 5.41) is 9.59. The lowest BCUT2D eigenvalue weighted by atomic mass is 9.83. The third-order valence-corrected chi connectivity index (χ3v) is 4.98. The highest BCUT2D eigenvalue weighted by atomic mass is 16.5. The Morgan fingerprint density at radius 3 is 2.83 bits per heavy atom. The summed E-state index contributed by atoms with van der Waals surface area (Å²) >= 11 is 0. The molecule has 0 radical (unpaired) electrons. The second-order valence-corrected chi connectivity index (χ2v) is 6.90. The van der Waals surface area contributed by atoms with E-state index in [4.69, 9.17) is 14.0 Å². The average molecular weight is 403 g/mol. The van der Waals surface area contributed by atoms with Crippen LogP contribution >= 0.6 is 0 Å². The number of carbonyl (C=O) groups is 2. The fourth-order valence-electron chi connectivity index (χ4n) is 3.43. The van der Waals surface area contributed by atoms with Crippen LogP contribution in [0.2, 0.25) is 0 Å². The van der Waals surface area contributed by atoms with Gasteiger partial charge in [-0.15, -0.1) is 0 Å². The largest absolute Gasteiger partial charge is 0.481 e. The molecule has 1 fully saturated rings. The summed E-state index contributed by atoms with van der Waals surface area (Å²) in [6, 6.07) is 3.02. The molecule has 0 unspecified atom stereocenters. The summed E-state index contributed by atoms with van der Waals surface area (Å²) in [5.74, 6) is 0.746. The summed E-state index contributed by atoms with van der Waals surface area (Å²) in [4.78, 5) is 33.1. The zero-order valence-corrected chi connectivity index (χ0v) is 16.7. The maximum atomic E-state index is 12.6. The molecule has 10 heteroatoms. The molecule has 2 aromatic rings. The van der Waals surface area contributed by atoms with E-state index in [9.17, 15) is 9.59 Å². The molecule has 1 aliphatic rings. The van der Waals surface area contributed by atoms with Crippen LogP contribution in [-0.4, -0.2) is 53.3 Å². The number of carbonyl (C=O) groups excluding carboxylic acids is 2. The molecule has 2 amide bonds. The molecule has 3 atom stereocenters. The molecule has 29 heavy (non-hydrogen) atoms. The maximum Gasteiger partial charge on any atom is 0.251 e. The van der Waals surface area contributed by atoms with E-state index in [-0.39, 0.29) is 36.4 Å². The molecule has 3 rings (SSSR count). The van der Waals surface area contributed by atoms with Gasteiger partial charge >= 0.3 is 0 Å². The van der Waals surface area contributed by atoms with Gasteiger partial charge in [0.05, 0.1) is 25.8 Å². The van der Waals surface area contributed by atoms with E-state index in [1.54, 1.807) is 26.2 Å². The zero-order chi connectivity index (χ0) is 20.8. The molecule has 2 aromatic heterocycles. The van der Waals surface area contributed by atoms with E-state index >= 15 is 0 Å². The van der Waals surface area contributed by atoms with Gasteiger partial charge in [-0.3, -0.25) is 9.59 Å². The van der Waals surface area contributed by atoms with Crippen molar-refractivity contribution in [1.29, 1.82) is 0 Å². The van der Waals surface area contributed by atoms with Crippen molar-refractivity contribution in [1.82, 2.24) is 25.8 Å². The summed E-state index contributed by atoms with van der Waals surface area (Å²) in [5.41, 5.74) is 0.460. The first kappa shape index (κ1) is 20.7. The lowest BCUT2D eigenvalue weighted by Gasteiger charge is -2.35. The third-order valence-electron chi connectivity index (χ3n) is 4.98. The molecule has 1 saturated carbocycles. The van der Waals surface area contributed by atoms with Crippen LogP contribution in [0.1, 0.15) is 41.3 Å². The number of methoxy groups -OCH3 is 2. The highest BCUT2D eigenvalue weighted by Gasteiger charge is 2.35. The van der Waals surface area contributed by atoms with E-state index in [2.05, 4.69) is 25.8 Å². The maximum absolute atomic E-state index is 12.6.